The molecule has 0 aliphatic heterocycles. The lowest BCUT2D eigenvalue weighted by Gasteiger charge is -2.16. The van der Waals surface area contributed by atoms with Crippen molar-refractivity contribution in [1.29, 1.82) is 0 Å². The standard InChI is InChI=1S/C8H14N2O4/c1-5-13-6(11)9-10-7(12)14-8(2,3)4/h5H2,1-4H3/b10-9+. The zero-order valence-electron chi connectivity index (χ0n) is 8.73. The summed E-state index contributed by atoms with van der Waals surface area (Å²) in [6.07, 6.45) is -1.82. The Bertz CT molecular complexity index is 242. The van der Waals surface area contributed by atoms with Crippen LogP contribution >= 0.6 is 0 Å². The Kier molecular flexibility index (Phi) is 4.76. The number of ether oxygens (including phenoxy) is 2. The second kappa shape index (κ2) is 5.31. The van der Waals surface area contributed by atoms with Gasteiger partial charge in [-0.25, -0.2) is 9.59 Å². The van der Waals surface area contributed by atoms with Crippen LogP contribution in [0.2, 0.25) is 0 Å². The van der Waals surface area contributed by atoms with Gasteiger partial charge in [0.1, 0.15) is 5.60 Å². The molecule has 0 saturated carbocycles. The van der Waals surface area contributed by atoms with E-state index < -0.39 is 17.8 Å². The normalized spacial score (nSPS) is 11.4. The van der Waals surface area contributed by atoms with E-state index in [9.17, 15) is 9.59 Å². The fourth-order valence-electron chi connectivity index (χ4n) is 0.516. The molecule has 6 heteroatoms. The molecule has 0 rings (SSSR count). The quantitative estimate of drug-likeness (QED) is 0.612. The maximum absolute atomic E-state index is 10.9. The number of hydrogen-bond acceptors (Lipinski definition) is 4. The average Bonchev–Trinajstić information content (AvgIpc) is 1.98. The minimum absolute atomic E-state index is 0.187. The largest absolute Gasteiger partial charge is 0.453 e. The van der Waals surface area contributed by atoms with Crippen molar-refractivity contribution in [2.75, 3.05) is 6.61 Å². The van der Waals surface area contributed by atoms with Crippen molar-refractivity contribution in [2.45, 2.75) is 33.3 Å². The van der Waals surface area contributed by atoms with E-state index >= 15 is 0 Å². The van der Waals surface area contributed by atoms with E-state index in [0.717, 1.165) is 0 Å². The van der Waals surface area contributed by atoms with Crippen LogP contribution in [0.4, 0.5) is 9.59 Å². The monoisotopic (exact) mass is 202 g/mol. The summed E-state index contributed by atoms with van der Waals surface area (Å²) in [5.41, 5.74) is -0.648. The Morgan fingerprint density at radius 3 is 2.07 bits per heavy atom. The van der Waals surface area contributed by atoms with Gasteiger partial charge in [0.2, 0.25) is 0 Å². The molecule has 0 atom stereocenters. The third kappa shape index (κ3) is 7.20. The Labute approximate surface area is 82.3 Å². The summed E-state index contributed by atoms with van der Waals surface area (Å²) in [6.45, 7) is 6.87. The topological polar surface area (TPSA) is 77.3 Å². The summed E-state index contributed by atoms with van der Waals surface area (Å²) in [7, 11) is 0. The highest BCUT2D eigenvalue weighted by atomic mass is 16.6. The molecule has 0 aromatic rings. The van der Waals surface area contributed by atoms with Gasteiger partial charge in [0, 0.05) is 0 Å². The molecule has 80 valence electrons. The molecule has 0 aliphatic rings. The van der Waals surface area contributed by atoms with Crippen LogP contribution in [-0.4, -0.2) is 24.4 Å². The van der Waals surface area contributed by atoms with E-state index in [2.05, 4.69) is 15.0 Å². The number of hydrogen-bond donors (Lipinski definition) is 0. The molecule has 6 nitrogen and oxygen atoms in total. The molecule has 14 heavy (non-hydrogen) atoms. The first-order valence-corrected chi connectivity index (χ1v) is 4.16. The SMILES string of the molecule is CCOC(=O)/N=N/C(=O)OC(C)(C)C. The first-order valence-electron chi connectivity index (χ1n) is 4.16. The number of amides is 2. The molecular formula is C8H14N2O4. The van der Waals surface area contributed by atoms with Crippen molar-refractivity contribution < 1.29 is 19.1 Å². The van der Waals surface area contributed by atoms with Crippen molar-refractivity contribution in [3.05, 3.63) is 0 Å². The third-order valence-corrected chi connectivity index (χ3v) is 0.875. The van der Waals surface area contributed by atoms with E-state index in [1.807, 2.05) is 0 Å². The molecule has 0 N–H and O–H groups in total. The van der Waals surface area contributed by atoms with Crippen LogP contribution in [0.1, 0.15) is 27.7 Å². The van der Waals surface area contributed by atoms with Gasteiger partial charge >= 0.3 is 12.2 Å². The third-order valence-electron chi connectivity index (χ3n) is 0.875. The summed E-state index contributed by atoms with van der Waals surface area (Å²) in [5, 5.41) is 6.00. The van der Waals surface area contributed by atoms with E-state index in [1.54, 1.807) is 27.7 Å². The number of azo groups is 1. The molecule has 0 radical (unpaired) electrons. The van der Waals surface area contributed by atoms with Crippen molar-refractivity contribution >= 4 is 12.2 Å². The van der Waals surface area contributed by atoms with Gasteiger partial charge in [-0.05, 0) is 27.7 Å². The Hall–Kier alpha value is -1.46. The first kappa shape index (κ1) is 12.5. The van der Waals surface area contributed by atoms with Crippen LogP contribution in [0, 0.1) is 0 Å². The van der Waals surface area contributed by atoms with E-state index in [4.69, 9.17) is 4.74 Å². The van der Waals surface area contributed by atoms with Crippen LogP contribution in [0.15, 0.2) is 10.2 Å². The molecule has 2 amide bonds. The van der Waals surface area contributed by atoms with Gasteiger partial charge < -0.3 is 9.47 Å². The minimum Gasteiger partial charge on any atom is -0.447 e. The highest BCUT2D eigenvalue weighted by Crippen LogP contribution is 2.08. The zero-order chi connectivity index (χ0) is 11.2. The van der Waals surface area contributed by atoms with Gasteiger partial charge in [-0.3, -0.25) is 0 Å². The summed E-state index contributed by atoms with van der Waals surface area (Å²) >= 11 is 0. The molecule has 0 aromatic heterocycles. The highest BCUT2D eigenvalue weighted by Gasteiger charge is 2.15. The maximum Gasteiger partial charge on any atom is 0.453 e. The van der Waals surface area contributed by atoms with Crippen molar-refractivity contribution in [2.24, 2.45) is 10.2 Å². The van der Waals surface area contributed by atoms with Gasteiger partial charge in [-0.1, -0.05) is 10.2 Å². The highest BCUT2D eigenvalue weighted by molar-refractivity contribution is 5.73. The van der Waals surface area contributed by atoms with Crippen LogP contribution < -0.4 is 0 Å². The molecule has 0 aromatic carbocycles. The Morgan fingerprint density at radius 1 is 1.14 bits per heavy atom. The number of rotatable bonds is 1. The molecule has 0 aliphatic carbocycles. The summed E-state index contributed by atoms with van der Waals surface area (Å²) in [4.78, 5) is 21.5. The molecular weight excluding hydrogens is 188 g/mol. The van der Waals surface area contributed by atoms with Crippen molar-refractivity contribution in [3.8, 4) is 0 Å². The van der Waals surface area contributed by atoms with Crippen molar-refractivity contribution in [3.63, 3.8) is 0 Å². The smallest absolute Gasteiger partial charge is 0.447 e. The molecule has 0 unspecified atom stereocenters. The zero-order valence-corrected chi connectivity index (χ0v) is 8.73. The lowest BCUT2D eigenvalue weighted by Crippen LogP contribution is -2.21. The predicted molar refractivity (Wildman–Crippen MR) is 48.1 cm³/mol. The number of carbonyl (C=O) groups is 2. The van der Waals surface area contributed by atoms with Crippen LogP contribution in [-0.2, 0) is 9.47 Å². The van der Waals surface area contributed by atoms with E-state index in [1.165, 1.54) is 0 Å². The molecule has 0 spiro atoms. The van der Waals surface area contributed by atoms with Crippen LogP contribution in [0.3, 0.4) is 0 Å². The molecule has 0 saturated heterocycles. The van der Waals surface area contributed by atoms with Crippen LogP contribution in [0.5, 0.6) is 0 Å². The van der Waals surface area contributed by atoms with Crippen LogP contribution in [0.25, 0.3) is 0 Å². The second-order valence-corrected chi connectivity index (χ2v) is 3.38. The van der Waals surface area contributed by atoms with E-state index in [0.29, 0.717) is 0 Å². The fraction of sp³-hybridized carbons (Fsp3) is 0.750. The molecule has 0 bridgehead atoms. The maximum atomic E-state index is 10.9. The van der Waals surface area contributed by atoms with Crippen molar-refractivity contribution in [1.82, 2.24) is 0 Å². The molecule has 0 fully saturated rings. The predicted octanol–water partition coefficient (Wildman–Crippen LogP) is 2.53. The lowest BCUT2D eigenvalue weighted by molar-refractivity contribution is 0.0586. The first-order chi connectivity index (χ1) is 6.35. The molecule has 0 heterocycles. The number of carbonyl (C=O) groups excluding carboxylic acids is 2. The lowest BCUT2D eigenvalue weighted by atomic mass is 10.2. The fourth-order valence-corrected chi connectivity index (χ4v) is 0.516. The Balaban J connectivity index is 4.00. The average molecular weight is 202 g/mol. The van der Waals surface area contributed by atoms with Gasteiger partial charge in [0.25, 0.3) is 0 Å². The van der Waals surface area contributed by atoms with Gasteiger partial charge in [-0.15, -0.1) is 0 Å². The van der Waals surface area contributed by atoms with Gasteiger partial charge in [-0.2, -0.15) is 0 Å². The van der Waals surface area contributed by atoms with Gasteiger partial charge in [0.05, 0.1) is 6.61 Å². The number of nitrogens with zero attached hydrogens (tertiary/aromatic N) is 2. The van der Waals surface area contributed by atoms with Gasteiger partial charge in [0.15, 0.2) is 0 Å². The summed E-state index contributed by atoms with van der Waals surface area (Å²) < 4.78 is 9.17. The Morgan fingerprint density at radius 2 is 1.64 bits per heavy atom. The summed E-state index contributed by atoms with van der Waals surface area (Å²) in [6, 6.07) is 0. The minimum atomic E-state index is -0.912. The van der Waals surface area contributed by atoms with E-state index in [-0.39, 0.29) is 6.61 Å². The second-order valence-electron chi connectivity index (χ2n) is 3.38. The summed E-state index contributed by atoms with van der Waals surface area (Å²) in [5.74, 6) is 0.